The van der Waals surface area contributed by atoms with Crippen molar-refractivity contribution in [3.8, 4) is 0 Å². The average molecular weight is 255 g/mol. The first-order valence-electron chi connectivity index (χ1n) is 7.33. The molecule has 2 heterocycles. The number of hydrogen-bond donors (Lipinski definition) is 1. The maximum atomic E-state index is 5.52. The molecule has 0 aromatic carbocycles. The third-order valence-electron chi connectivity index (χ3n) is 4.34. The molecule has 2 rings (SSSR count). The van der Waals surface area contributed by atoms with E-state index >= 15 is 0 Å². The van der Waals surface area contributed by atoms with Crippen LogP contribution in [-0.2, 0) is 4.74 Å². The van der Waals surface area contributed by atoms with Crippen molar-refractivity contribution < 1.29 is 4.74 Å². The molecule has 1 atom stereocenters. The smallest absolute Gasteiger partial charge is 0.0619 e. The molecule has 2 saturated heterocycles. The van der Waals surface area contributed by atoms with Crippen LogP contribution in [0.3, 0.4) is 0 Å². The Morgan fingerprint density at radius 3 is 2.56 bits per heavy atom. The molecule has 4 nitrogen and oxygen atoms in total. The monoisotopic (exact) mass is 255 g/mol. The number of piperazine rings is 1. The lowest BCUT2D eigenvalue weighted by molar-refractivity contribution is 0.0425. The topological polar surface area (TPSA) is 27.7 Å². The molecule has 0 radical (unpaired) electrons. The van der Waals surface area contributed by atoms with Crippen molar-refractivity contribution >= 4 is 0 Å². The van der Waals surface area contributed by atoms with Gasteiger partial charge in [0.1, 0.15) is 0 Å². The van der Waals surface area contributed by atoms with Crippen molar-refractivity contribution in [3.63, 3.8) is 0 Å². The molecule has 0 bridgehead atoms. The Balaban J connectivity index is 1.75. The lowest BCUT2D eigenvalue weighted by atomic mass is 10.00. The van der Waals surface area contributed by atoms with Crippen LogP contribution >= 0.6 is 0 Å². The second-order valence-corrected chi connectivity index (χ2v) is 6.40. The van der Waals surface area contributed by atoms with Crippen LogP contribution in [0.4, 0.5) is 0 Å². The predicted octanol–water partition coefficient (Wildman–Crippen LogP) is 0.781. The van der Waals surface area contributed by atoms with E-state index in [1.54, 1.807) is 0 Å². The van der Waals surface area contributed by atoms with Crippen LogP contribution in [0, 0.1) is 0 Å². The number of likely N-dealkylation sites (N-methyl/N-ethyl adjacent to an activating group) is 1. The second kappa shape index (κ2) is 6.33. The van der Waals surface area contributed by atoms with Crippen LogP contribution in [0.2, 0.25) is 0 Å². The van der Waals surface area contributed by atoms with E-state index in [0.717, 1.165) is 19.8 Å². The van der Waals surface area contributed by atoms with Crippen LogP contribution in [0.5, 0.6) is 0 Å². The fraction of sp³-hybridized carbons (Fsp3) is 1.00. The van der Waals surface area contributed by atoms with Crippen LogP contribution in [0.25, 0.3) is 0 Å². The summed E-state index contributed by atoms with van der Waals surface area (Å²) in [5.41, 5.74) is 0.249. The van der Waals surface area contributed by atoms with Crippen molar-refractivity contribution in [2.45, 2.75) is 38.3 Å². The van der Waals surface area contributed by atoms with Gasteiger partial charge in [-0.25, -0.2) is 0 Å². The Labute approximate surface area is 112 Å². The number of rotatable bonds is 4. The van der Waals surface area contributed by atoms with Crippen LogP contribution in [0.15, 0.2) is 0 Å². The lowest BCUT2D eigenvalue weighted by Gasteiger charge is -2.44. The molecule has 1 unspecified atom stereocenters. The maximum Gasteiger partial charge on any atom is 0.0619 e. The molecular weight excluding hydrogens is 226 g/mol. The minimum atomic E-state index is 0.249. The van der Waals surface area contributed by atoms with E-state index in [1.807, 2.05) is 0 Å². The zero-order valence-corrected chi connectivity index (χ0v) is 12.2. The number of hydrogen-bond acceptors (Lipinski definition) is 4. The van der Waals surface area contributed by atoms with Crippen molar-refractivity contribution in [3.05, 3.63) is 0 Å². The van der Waals surface area contributed by atoms with Gasteiger partial charge in [0.15, 0.2) is 0 Å². The normalized spacial score (nSPS) is 28.5. The molecule has 2 fully saturated rings. The minimum Gasteiger partial charge on any atom is -0.380 e. The fourth-order valence-corrected chi connectivity index (χ4v) is 2.82. The molecule has 0 aromatic rings. The Hall–Kier alpha value is -0.160. The van der Waals surface area contributed by atoms with Gasteiger partial charge in [-0.2, -0.15) is 0 Å². The third kappa shape index (κ3) is 3.92. The molecule has 0 amide bonds. The van der Waals surface area contributed by atoms with Crippen molar-refractivity contribution in [1.29, 1.82) is 0 Å². The number of nitrogens with one attached hydrogen (secondary N) is 1. The first-order valence-corrected chi connectivity index (χ1v) is 7.33. The van der Waals surface area contributed by atoms with Gasteiger partial charge < -0.3 is 15.0 Å². The van der Waals surface area contributed by atoms with E-state index < -0.39 is 0 Å². The third-order valence-corrected chi connectivity index (χ3v) is 4.34. The van der Waals surface area contributed by atoms with Gasteiger partial charge in [0.25, 0.3) is 0 Å². The summed E-state index contributed by atoms with van der Waals surface area (Å²) >= 11 is 0. The van der Waals surface area contributed by atoms with Gasteiger partial charge in [-0.15, -0.1) is 0 Å². The van der Waals surface area contributed by atoms with Crippen LogP contribution in [-0.4, -0.2) is 74.4 Å². The predicted molar refractivity (Wildman–Crippen MR) is 75.0 cm³/mol. The molecule has 2 aliphatic rings. The van der Waals surface area contributed by atoms with Gasteiger partial charge >= 0.3 is 0 Å². The first-order chi connectivity index (χ1) is 8.58. The highest BCUT2D eigenvalue weighted by Crippen LogP contribution is 2.16. The highest BCUT2D eigenvalue weighted by Gasteiger charge is 2.29. The zero-order chi connectivity index (χ0) is 13.0. The molecule has 1 N–H and O–H groups in total. The summed E-state index contributed by atoms with van der Waals surface area (Å²) in [5, 5.41) is 3.69. The molecule has 4 heteroatoms. The minimum absolute atomic E-state index is 0.249. The average Bonchev–Trinajstić information content (AvgIpc) is 2.38. The molecular formula is C14H29N3O. The molecule has 106 valence electrons. The largest absolute Gasteiger partial charge is 0.380 e. The molecule has 0 spiro atoms. The van der Waals surface area contributed by atoms with Crippen molar-refractivity contribution in [2.24, 2.45) is 0 Å². The van der Waals surface area contributed by atoms with Gasteiger partial charge in [-0.1, -0.05) is 0 Å². The molecule has 0 aliphatic carbocycles. The molecule has 0 saturated carbocycles. The van der Waals surface area contributed by atoms with E-state index in [-0.39, 0.29) is 5.54 Å². The standard InChI is InChI=1S/C14H29N3O/c1-14(2,17-8-6-16(3)7-9-17)12-15-13-5-4-10-18-11-13/h13,15H,4-12H2,1-3H3. The summed E-state index contributed by atoms with van der Waals surface area (Å²) in [6.07, 6.45) is 2.46. The molecule has 0 aromatic heterocycles. The number of ether oxygens (including phenoxy) is 1. The van der Waals surface area contributed by atoms with E-state index in [0.29, 0.717) is 6.04 Å². The van der Waals surface area contributed by atoms with Gasteiger partial charge in [0.2, 0.25) is 0 Å². The van der Waals surface area contributed by atoms with Crippen molar-refractivity contribution in [2.75, 3.05) is 53.0 Å². The fourth-order valence-electron chi connectivity index (χ4n) is 2.82. The summed E-state index contributed by atoms with van der Waals surface area (Å²) in [6, 6.07) is 0.561. The first kappa shape index (κ1) is 14.3. The highest BCUT2D eigenvalue weighted by molar-refractivity contribution is 4.88. The SMILES string of the molecule is CN1CCN(C(C)(C)CNC2CCCOC2)CC1. The Bertz CT molecular complexity index is 243. The summed E-state index contributed by atoms with van der Waals surface area (Å²) in [5.74, 6) is 0. The van der Waals surface area contributed by atoms with Gasteiger partial charge in [-0.3, -0.25) is 4.90 Å². The van der Waals surface area contributed by atoms with Gasteiger partial charge in [-0.05, 0) is 33.7 Å². The Morgan fingerprint density at radius 2 is 1.94 bits per heavy atom. The number of nitrogens with zero attached hydrogens (tertiary/aromatic N) is 2. The summed E-state index contributed by atoms with van der Waals surface area (Å²) < 4.78 is 5.52. The van der Waals surface area contributed by atoms with E-state index in [1.165, 1.54) is 39.0 Å². The van der Waals surface area contributed by atoms with Crippen LogP contribution < -0.4 is 5.32 Å². The molecule has 18 heavy (non-hydrogen) atoms. The van der Waals surface area contributed by atoms with E-state index in [9.17, 15) is 0 Å². The lowest BCUT2D eigenvalue weighted by Crippen LogP contribution is -2.58. The quantitative estimate of drug-likeness (QED) is 0.803. The van der Waals surface area contributed by atoms with Crippen molar-refractivity contribution in [1.82, 2.24) is 15.1 Å². The summed E-state index contributed by atoms with van der Waals surface area (Å²) in [7, 11) is 2.21. The Kier molecular flexibility index (Phi) is 5.01. The zero-order valence-electron chi connectivity index (χ0n) is 12.2. The molecule has 2 aliphatic heterocycles. The van der Waals surface area contributed by atoms with Crippen LogP contribution in [0.1, 0.15) is 26.7 Å². The van der Waals surface area contributed by atoms with Gasteiger partial charge in [0.05, 0.1) is 6.61 Å². The highest BCUT2D eigenvalue weighted by atomic mass is 16.5. The second-order valence-electron chi connectivity index (χ2n) is 6.40. The van der Waals surface area contributed by atoms with E-state index in [4.69, 9.17) is 4.74 Å². The van der Waals surface area contributed by atoms with Gasteiger partial charge in [0, 0.05) is 50.9 Å². The summed E-state index contributed by atoms with van der Waals surface area (Å²) in [6.45, 7) is 12.4. The Morgan fingerprint density at radius 1 is 1.22 bits per heavy atom. The maximum absolute atomic E-state index is 5.52. The summed E-state index contributed by atoms with van der Waals surface area (Å²) in [4.78, 5) is 5.03. The van der Waals surface area contributed by atoms with E-state index in [2.05, 4.69) is 36.0 Å².